The van der Waals surface area contributed by atoms with Crippen molar-refractivity contribution < 1.29 is 4.79 Å². The maximum atomic E-state index is 13.0. The Morgan fingerprint density at radius 1 is 1.09 bits per heavy atom. The summed E-state index contributed by atoms with van der Waals surface area (Å²) in [5, 5.41) is 4.36. The van der Waals surface area contributed by atoms with Crippen LogP contribution in [0.25, 0.3) is 21.5 Å². The van der Waals surface area contributed by atoms with Crippen LogP contribution in [-0.2, 0) is 17.8 Å². The van der Waals surface area contributed by atoms with Crippen LogP contribution < -0.4 is 5.56 Å². The highest BCUT2D eigenvalue weighted by Crippen LogP contribution is 2.25. The number of carbonyl (C=O) groups is 1. The van der Waals surface area contributed by atoms with Gasteiger partial charge in [0.1, 0.15) is 10.8 Å². The van der Waals surface area contributed by atoms with Crippen LogP contribution in [-0.4, -0.2) is 32.3 Å². The molecule has 4 rings (SSSR count). The van der Waals surface area contributed by atoms with Crippen LogP contribution in [0.4, 0.5) is 0 Å². The molecule has 0 atom stereocenters. The summed E-state index contributed by atoms with van der Waals surface area (Å²) in [6.07, 6.45) is 0.955. The van der Waals surface area contributed by atoms with Gasteiger partial charge in [-0.05, 0) is 36.8 Å². The van der Waals surface area contributed by atoms with Crippen molar-refractivity contribution in [2.45, 2.75) is 26.3 Å². The molecule has 2 heterocycles. The number of hydrogen-bond acceptors (Lipinski definition) is 5. The van der Waals surface area contributed by atoms with Crippen molar-refractivity contribution in [1.29, 1.82) is 0 Å². The third kappa shape index (κ3) is 5.18. The van der Waals surface area contributed by atoms with Gasteiger partial charge in [0.2, 0.25) is 5.91 Å². The number of carbonyl (C=O) groups excluding carboxylic acids is 1. The van der Waals surface area contributed by atoms with E-state index < -0.39 is 0 Å². The van der Waals surface area contributed by atoms with Gasteiger partial charge < -0.3 is 9.88 Å². The molecule has 0 aliphatic rings. The quantitative estimate of drug-likeness (QED) is 0.382. The lowest BCUT2D eigenvalue weighted by Gasteiger charge is -2.21. The largest absolute Gasteiger partial charge is 0.335 e. The van der Waals surface area contributed by atoms with Gasteiger partial charge in [-0.15, -0.1) is 11.3 Å². The third-order valence-electron chi connectivity index (χ3n) is 4.88. The topological polar surface area (TPSA) is 79.0 Å². The molecule has 4 aromatic rings. The molecule has 2 aromatic heterocycles. The van der Waals surface area contributed by atoms with E-state index in [1.807, 2.05) is 36.6 Å². The van der Waals surface area contributed by atoms with E-state index in [1.165, 1.54) is 11.3 Å². The Kier molecular flexibility index (Phi) is 6.89. The first-order chi connectivity index (χ1) is 15.4. The minimum absolute atomic E-state index is 0.0753. The number of rotatable bonds is 7. The van der Waals surface area contributed by atoms with Gasteiger partial charge in [-0.3, -0.25) is 9.59 Å². The van der Waals surface area contributed by atoms with E-state index in [2.05, 4.69) is 15.0 Å². The van der Waals surface area contributed by atoms with Gasteiger partial charge in [-0.25, -0.2) is 9.97 Å². The number of amides is 1. The van der Waals surface area contributed by atoms with E-state index in [0.29, 0.717) is 39.0 Å². The molecule has 164 valence electrons. The Morgan fingerprint density at radius 3 is 2.59 bits per heavy atom. The first kappa shape index (κ1) is 22.5. The number of H-pyrrole nitrogens is 1. The molecule has 32 heavy (non-hydrogen) atoms. The summed E-state index contributed by atoms with van der Waals surface area (Å²) in [5.41, 5.74) is 1.92. The first-order valence-electron chi connectivity index (χ1n) is 10.1. The van der Waals surface area contributed by atoms with E-state index in [0.717, 1.165) is 17.0 Å². The third-order valence-corrected chi connectivity index (χ3v) is 6.31. The predicted molar refractivity (Wildman–Crippen MR) is 129 cm³/mol. The van der Waals surface area contributed by atoms with Crippen LogP contribution >= 0.6 is 34.5 Å². The van der Waals surface area contributed by atoms with Crippen LogP contribution in [0.1, 0.15) is 24.9 Å². The summed E-state index contributed by atoms with van der Waals surface area (Å²) < 4.78 is 0. The van der Waals surface area contributed by atoms with E-state index in [4.69, 9.17) is 23.2 Å². The van der Waals surface area contributed by atoms with Gasteiger partial charge in [0.15, 0.2) is 0 Å². The number of halogens is 2. The van der Waals surface area contributed by atoms with Crippen molar-refractivity contribution >= 4 is 51.3 Å². The van der Waals surface area contributed by atoms with Gasteiger partial charge in [-0.1, -0.05) is 42.3 Å². The zero-order valence-electron chi connectivity index (χ0n) is 17.3. The Bertz CT molecular complexity index is 1320. The normalized spacial score (nSPS) is 11.1. The number of nitrogens with zero attached hydrogens (tertiary/aromatic N) is 3. The van der Waals surface area contributed by atoms with E-state index >= 15 is 0 Å². The average molecular weight is 487 g/mol. The molecule has 0 unspecified atom stereocenters. The molecule has 0 fully saturated rings. The number of hydrogen-bond donors (Lipinski definition) is 1. The second-order valence-electron chi connectivity index (χ2n) is 7.32. The minimum atomic E-state index is -0.252. The highest BCUT2D eigenvalue weighted by molar-refractivity contribution is 7.13. The molecule has 0 aliphatic carbocycles. The summed E-state index contributed by atoms with van der Waals surface area (Å²) in [7, 11) is 0. The average Bonchev–Trinajstić information content (AvgIpc) is 3.22. The molecule has 0 spiro atoms. The first-order valence-corrected chi connectivity index (χ1v) is 11.7. The SMILES string of the molecule is CCCN(Cc1nc2cc(Cl)ccc2c(=O)[nH]1)C(=O)Cc1csc(-c2ccc(Cl)cc2)n1. The Labute approximate surface area is 198 Å². The number of benzene rings is 2. The van der Waals surface area contributed by atoms with Crippen LogP contribution in [0.3, 0.4) is 0 Å². The molecule has 0 bridgehead atoms. The van der Waals surface area contributed by atoms with Gasteiger partial charge in [0, 0.05) is 27.5 Å². The minimum Gasteiger partial charge on any atom is -0.335 e. The Morgan fingerprint density at radius 2 is 1.84 bits per heavy atom. The number of thiazole rings is 1. The van der Waals surface area contributed by atoms with Crippen LogP contribution in [0.5, 0.6) is 0 Å². The summed E-state index contributed by atoms with van der Waals surface area (Å²) in [4.78, 5) is 39.0. The second kappa shape index (κ2) is 9.81. The molecule has 9 heteroatoms. The van der Waals surface area contributed by atoms with Gasteiger partial charge >= 0.3 is 0 Å². The summed E-state index contributed by atoms with van der Waals surface area (Å²) >= 11 is 13.5. The maximum absolute atomic E-state index is 13.0. The molecule has 1 N–H and O–H groups in total. The highest BCUT2D eigenvalue weighted by atomic mass is 35.5. The summed E-state index contributed by atoms with van der Waals surface area (Å²) in [6.45, 7) is 2.75. The van der Waals surface area contributed by atoms with Crippen molar-refractivity contribution in [3.05, 3.63) is 79.8 Å². The molecular weight excluding hydrogens is 467 g/mol. The monoisotopic (exact) mass is 486 g/mol. The predicted octanol–water partition coefficient (Wildman–Crippen LogP) is 5.33. The highest BCUT2D eigenvalue weighted by Gasteiger charge is 2.18. The van der Waals surface area contributed by atoms with E-state index in [1.54, 1.807) is 23.1 Å². The van der Waals surface area contributed by atoms with Crippen LogP contribution in [0.15, 0.2) is 52.6 Å². The van der Waals surface area contributed by atoms with Gasteiger partial charge in [-0.2, -0.15) is 0 Å². The number of aromatic amines is 1. The molecule has 1 amide bonds. The Hall–Kier alpha value is -2.74. The fourth-order valence-corrected chi connectivity index (χ4v) is 4.48. The number of fused-ring (bicyclic) bond motifs is 1. The lowest BCUT2D eigenvalue weighted by atomic mass is 10.2. The number of aromatic nitrogens is 3. The van der Waals surface area contributed by atoms with Crippen molar-refractivity contribution in [1.82, 2.24) is 19.9 Å². The zero-order valence-corrected chi connectivity index (χ0v) is 19.6. The molecule has 0 radical (unpaired) electrons. The molecular formula is C23H20Cl2N4O2S. The van der Waals surface area contributed by atoms with Crippen molar-refractivity contribution in [3.8, 4) is 10.6 Å². The van der Waals surface area contributed by atoms with Crippen molar-refractivity contribution in [3.63, 3.8) is 0 Å². The lowest BCUT2D eigenvalue weighted by Crippen LogP contribution is -2.34. The van der Waals surface area contributed by atoms with E-state index in [-0.39, 0.29) is 24.4 Å². The smallest absolute Gasteiger partial charge is 0.258 e. The van der Waals surface area contributed by atoms with Crippen molar-refractivity contribution in [2.24, 2.45) is 0 Å². The van der Waals surface area contributed by atoms with Crippen LogP contribution in [0, 0.1) is 0 Å². The standard InChI is InChI=1S/C23H20Cl2N4O2S/c1-2-9-29(12-20-27-19-10-16(25)7-8-18(19)22(31)28-20)21(30)11-17-13-32-23(26-17)14-3-5-15(24)6-4-14/h3-8,10,13H,2,9,11-12H2,1H3,(H,27,28,31). The lowest BCUT2D eigenvalue weighted by molar-refractivity contribution is -0.131. The Balaban J connectivity index is 1.52. The fraction of sp³-hybridized carbons (Fsp3) is 0.217. The molecule has 6 nitrogen and oxygen atoms in total. The maximum Gasteiger partial charge on any atom is 0.258 e. The van der Waals surface area contributed by atoms with E-state index in [9.17, 15) is 9.59 Å². The summed E-state index contributed by atoms with van der Waals surface area (Å²) in [6, 6.07) is 12.4. The van der Waals surface area contributed by atoms with Crippen LogP contribution in [0.2, 0.25) is 10.0 Å². The molecule has 0 saturated carbocycles. The fourth-order valence-electron chi connectivity index (χ4n) is 3.36. The molecule has 0 aliphatic heterocycles. The van der Waals surface area contributed by atoms with Gasteiger partial charge in [0.05, 0.1) is 29.6 Å². The van der Waals surface area contributed by atoms with Crippen molar-refractivity contribution in [2.75, 3.05) is 6.54 Å². The molecule has 0 saturated heterocycles. The second-order valence-corrected chi connectivity index (χ2v) is 9.05. The number of nitrogens with one attached hydrogen (secondary N) is 1. The van der Waals surface area contributed by atoms with Gasteiger partial charge in [0.25, 0.3) is 5.56 Å². The summed E-state index contributed by atoms with van der Waals surface area (Å²) in [5.74, 6) is 0.348. The molecule has 2 aromatic carbocycles. The zero-order chi connectivity index (χ0) is 22.7.